The number of aryl methyl sites for hydroxylation is 1. The highest BCUT2D eigenvalue weighted by Gasteiger charge is 2.46. The molecule has 0 bridgehead atoms. The molecule has 0 saturated carbocycles. The normalized spacial score (nSPS) is 13.2. The summed E-state index contributed by atoms with van der Waals surface area (Å²) < 4.78 is 62.4. The molecule has 5 nitrogen and oxygen atoms in total. The zero-order valence-electron chi connectivity index (χ0n) is 14.6. The minimum Gasteiger partial charge on any atom is -0.392 e. The molecule has 0 heterocycles. The van der Waals surface area contributed by atoms with Gasteiger partial charge in [-0.3, -0.25) is 4.72 Å². The molecule has 0 aromatic heterocycles. The van der Waals surface area contributed by atoms with Crippen LogP contribution in [0.3, 0.4) is 0 Å². The fourth-order valence-electron chi connectivity index (χ4n) is 2.07. The molecule has 0 radical (unpaired) electrons. The van der Waals surface area contributed by atoms with Crippen LogP contribution in [0.1, 0.15) is 51.2 Å². The van der Waals surface area contributed by atoms with E-state index in [4.69, 9.17) is 4.84 Å². The van der Waals surface area contributed by atoms with Crippen molar-refractivity contribution >= 4 is 21.4 Å². The Bertz CT molecular complexity index is 712. The molecule has 0 aliphatic heterocycles. The van der Waals surface area contributed by atoms with Crippen LogP contribution in [0.2, 0.25) is 0 Å². The largest absolute Gasteiger partial charge is 0.516 e. The first-order valence-corrected chi connectivity index (χ1v) is 9.46. The second-order valence-electron chi connectivity index (χ2n) is 5.54. The minimum atomic E-state index is -5.51. The maximum absolute atomic E-state index is 12.7. The van der Waals surface area contributed by atoms with E-state index in [9.17, 15) is 21.6 Å². The second-order valence-corrected chi connectivity index (χ2v) is 7.21. The molecule has 25 heavy (non-hydrogen) atoms. The van der Waals surface area contributed by atoms with Gasteiger partial charge in [0.05, 0.1) is 11.4 Å². The van der Waals surface area contributed by atoms with Gasteiger partial charge in [-0.05, 0) is 38.3 Å². The maximum atomic E-state index is 12.7. The fraction of sp³-hybridized carbons (Fsp3) is 0.562. The summed E-state index contributed by atoms with van der Waals surface area (Å²) in [6, 6.07) is 4.38. The molecule has 1 aromatic rings. The lowest BCUT2D eigenvalue weighted by Gasteiger charge is -2.16. The number of sulfonamides is 1. The highest BCUT2D eigenvalue weighted by atomic mass is 32.2. The molecule has 1 aromatic carbocycles. The van der Waals surface area contributed by atoms with E-state index in [0.717, 1.165) is 18.4 Å². The number of alkyl halides is 3. The molecule has 0 unspecified atom stereocenters. The number of benzene rings is 1. The predicted molar refractivity (Wildman–Crippen MR) is 92.1 cm³/mol. The van der Waals surface area contributed by atoms with Crippen LogP contribution >= 0.6 is 0 Å². The number of anilines is 1. The van der Waals surface area contributed by atoms with E-state index in [-0.39, 0.29) is 17.4 Å². The number of hydrogen-bond donors (Lipinski definition) is 1. The van der Waals surface area contributed by atoms with Gasteiger partial charge < -0.3 is 4.84 Å². The summed E-state index contributed by atoms with van der Waals surface area (Å²) in [5.41, 5.74) is -4.19. The molecule has 0 saturated heterocycles. The molecule has 0 fully saturated rings. The number of halogens is 3. The molecular weight excluding hydrogens is 357 g/mol. The Morgan fingerprint density at radius 2 is 1.84 bits per heavy atom. The molecule has 0 aliphatic rings. The summed E-state index contributed by atoms with van der Waals surface area (Å²) in [5.74, 6) is 0. The van der Waals surface area contributed by atoms with Gasteiger partial charge in [0.1, 0.15) is 6.10 Å². The highest BCUT2D eigenvalue weighted by molar-refractivity contribution is 7.93. The van der Waals surface area contributed by atoms with Crippen LogP contribution in [0.15, 0.2) is 23.4 Å². The third-order valence-corrected chi connectivity index (χ3v) is 4.69. The zero-order valence-corrected chi connectivity index (χ0v) is 15.5. The molecule has 9 heteroatoms. The van der Waals surface area contributed by atoms with Gasteiger partial charge in [-0.1, -0.05) is 37.6 Å². The maximum Gasteiger partial charge on any atom is 0.516 e. The predicted octanol–water partition coefficient (Wildman–Crippen LogP) is 4.58. The van der Waals surface area contributed by atoms with Crippen LogP contribution < -0.4 is 4.72 Å². The SMILES string of the molecule is CC/C(=N\OC(CC)CC)c1cc(C)ccc1NS(=O)(=O)C(F)(F)F. The lowest BCUT2D eigenvalue weighted by atomic mass is 10.0. The van der Waals surface area contributed by atoms with Crippen molar-refractivity contribution in [2.24, 2.45) is 5.16 Å². The van der Waals surface area contributed by atoms with Gasteiger partial charge >= 0.3 is 15.5 Å². The van der Waals surface area contributed by atoms with Crippen molar-refractivity contribution in [1.82, 2.24) is 0 Å². The lowest BCUT2D eigenvalue weighted by molar-refractivity contribution is -0.0429. The molecule has 0 spiro atoms. The van der Waals surface area contributed by atoms with E-state index in [1.54, 1.807) is 24.6 Å². The van der Waals surface area contributed by atoms with Crippen molar-refractivity contribution in [3.63, 3.8) is 0 Å². The van der Waals surface area contributed by atoms with E-state index in [2.05, 4.69) is 5.16 Å². The fourth-order valence-corrected chi connectivity index (χ4v) is 2.65. The quantitative estimate of drug-likeness (QED) is 0.530. The van der Waals surface area contributed by atoms with E-state index in [1.165, 1.54) is 12.1 Å². The number of hydrogen-bond acceptors (Lipinski definition) is 4. The van der Waals surface area contributed by atoms with Crippen LogP contribution in [0.5, 0.6) is 0 Å². The number of oxime groups is 1. The highest BCUT2D eigenvalue weighted by Crippen LogP contribution is 2.28. The van der Waals surface area contributed by atoms with E-state index in [1.807, 2.05) is 13.8 Å². The number of nitrogens with zero attached hydrogens (tertiary/aromatic N) is 1. The van der Waals surface area contributed by atoms with Crippen molar-refractivity contribution in [1.29, 1.82) is 0 Å². The molecule has 0 aliphatic carbocycles. The molecule has 0 atom stereocenters. The summed E-state index contributed by atoms with van der Waals surface area (Å²) >= 11 is 0. The first-order chi connectivity index (χ1) is 11.6. The second kappa shape index (κ2) is 8.55. The monoisotopic (exact) mass is 380 g/mol. The van der Waals surface area contributed by atoms with Gasteiger partial charge in [0.15, 0.2) is 0 Å². The Hall–Kier alpha value is -1.77. The molecule has 1 N–H and O–H groups in total. The average Bonchev–Trinajstić information content (AvgIpc) is 2.52. The van der Waals surface area contributed by atoms with Crippen LogP contribution in [0.25, 0.3) is 0 Å². The Morgan fingerprint density at radius 1 is 1.24 bits per heavy atom. The van der Waals surface area contributed by atoms with E-state index >= 15 is 0 Å². The van der Waals surface area contributed by atoms with Crippen molar-refractivity contribution in [3.8, 4) is 0 Å². The van der Waals surface area contributed by atoms with Crippen LogP contribution in [-0.4, -0.2) is 25.7 Å². The third kappa shape index (κ3) is 5.62. The third-order valence-electron chi connectivity index (χ3n) is 3.59. The van der Waals surface area contributed by atoms with Gasteiger partial charge in [-0.25, -0.2) is 0 Å². The average molecular weight is 380 g/mol. The summed E-state index contributed by atoms with van der Waals surface area (Å²) in [6.07, 6.45) is 1.72. The van der Waals surface area contributed by atoms with E-state index in [0.29, 0.717) is 12.1 Å². The Labute approximate surface area is 146 Å². The smallest absolute Gasteiger partial charge is 0.392 e. The summed E-state index contributed by atoms with van der Waals surface area (Å²) in [5, 5.41) is 4.05. The van der Waals surface area contributed by atoms with Crippen LogP contribution in [0.4, 0.5) is 18.9 Å². The molecule has 0 amide bonds. The first-order valence-electron chi connectivity index (χ1n) is 7.98. The van der Waals surface area contributed by atoms with Crippen molar-refractivity contribution in [2.75, 3.05) is 4.72 Å². The van der Waals surface area contributed by atoms with Gasteiger partial charge in [-0.15, -0.1) is 0 Å². The number of rotatable bonds is 8. The summed E-state index contributed by atoms with van der Waals surface area (Å²) in [7, 11) is -5.51. The standard InChI is InChI=1S/C16H23F3N2O3S/c1-5-12(6-2)24-20-14(7-3)13-10-11(4)8-9-15(13)21-25(22,23)16(17,18)19/h8-10,12,21H,5-7H2,1-4H3/b20-14+. The van der Waals surface area contributed by atoms with Gasteiger partial charge in [0.2, 0.25) is 0 Å². The van der Waals surface area contributed by atoms with Gasteiger partial charge in [0.25, 0.3) is 0 Å². The molecule has 142 valence electrons. The van der Waals surface area contributed by atoms with Gasteiger partial charge in [0, 0.05) is 5.56 Å². The Morgan fingerprint density at radius 3 is 2.32 bits per heavy atom. The Balaban J connectivity index is 3.29. The summed E-state index contributed by atoms with van der Waals surface area (Å²) in [6.45, 7) is 7.38. The van der Waals surface area contributed by atoms with E-state index < -0.39 is 15.5 Å². The summed E-state index contributed by atoms with van der Waals surface area (Å²) in [4.78, 5) is 5.43. The zero-order chi connectivity index (χ0) is 19.3. The van der Waals surface area contributed by atoms with Crippen LogP contribution in [0, 0.1) is 6.92 Å². The van der Waals surface area contributed by atoms with Crippen LogP contribution in [-0.2, 0) is 14.9 Å². The van der Waals surface area contributed by atoms with Crippen molar-refractivity contribution in [2.45, 2.75) is 58.6 Å². The topological polar surface area (TPSA) is 67.8 Å². The number of nitrogens with one attached hydrogen (secondary N) is 1. The first kappa shape index (κ1) is 21.3. The van der Waals surface area contributed by atoms with Crippen molar-refractivity contribution < 1.29 is 26.4 Å². The van der Waals surface area contributed by atoms with Gasteiger partial charge in [-0.2, -0.15) is 21.6 Å². The molecular formula is C16H23F3N2O3S. The Kier molecular flexibility index (Phi) is 7.28. The lowest BCUT2D eigenvalue weighted by Crippen LogP contribution is -2.30. The molecule has 1 rings (SSSR count). The van der Waals surface area contributed by atoms with Crippen molar-refractivity contribution in [3.05, 3.63) is 29.3 Å². The minimum absolute atomic E-state index is 0.110.